The Morgan fingerprint density at radius 2 is 2.05 bits per heavy atom. The number of carbonyl (C=O) groups is 1. The summed E-state index contributed by atoms with van der Waals surface area (Å²) in [6, 6.07) is 2.29. The number of carbonyl (C=O) groups excluding carboxylic acids is 1. The van der Waals surface area contributed by atoms with Crippen molar-refractivity contribution < 1.29 is 26.7 Å². The Morgan fingerprint density at radius 1 is 1.24 bits per heavy atom. The summed E-state index contributed by atoms with van der Waals surface area (Å²) in [5, 5.41) is 33.8. The number of sulfonamides is 2. The Morgan fingerprint density at radius 3 is 2.70 bits per heavy atom. The Labute approximate surface area is 214 Å². The topological polar surface area (TPSA) is 225 Å². The summed E-state index contributed by atoms with van der Waals surface area (Å²) < 4.78 is 55.0. The normalized spacial score (nSPS) is 20.8. The number of nitrogens with one attached hydrogen (secondary N) is 4. The number of rotatable bonds is 10. The maximum absolute atomic E-state index is 13.3. The molecular formula is C20H31N9O6S2. The molecule has 7 N–H and O–H groups in total. The molecular weight excluding hydrogens is 526 g/mol. The molecule has 17 heteroatoms. The molecule has 3 heterocycles. The monoisotopic (exact) mass is 557 g/mol. The van der Waals surface area contributed by atoms with E-state index in [-0.39, 0.29) is 30.4 Å². The molecule has 15 nitrogen and oxygen atoms in total. The van der Waals surface area contributed by atoms with Crippen molar-refractivity contribution in [2.24, 2.45) is 11.1 Å². The van der Waals surface area contributed by atoms with Crippen molar-refractivity contribution in [1.82, 2.24) is 36.0 Å². The molecule has 2 atom stereocenters. The number of nitrogens with two attached hydrogens (primary N) is 1. The largest absolute Gasteiger partial charge is 0.396 e. The molecule has 0 spiro atoms. The molecule has 1 aromatic carbocycles. The number of anilines is 1. The van der Waals surface area contributed by atoms with Gasteiger partial charge in [-0.1, -0.05) is 0 Å². The number of hydrogen-bond acceptors (Lipinski definition) is 11. The van der Waals surface area contributed by atoms with E-state index in [4.69, 9.17) is 10.2 Å². The van der Waals surface area contributed by atoms with Gasteiger partial charge in [-0.2, -0.15) is 0 Å². The summed E-state index contributed by atoms with van der Waals surface area (Å²) in [6.07, 6.45) is 2.24. The molecule has 0 radical (unpaired) electrons. The van der Waals surface area contributed by atoms with Crippen LogP contribution in [0.4, 0.5) is 5.69 Å². The molecule has 0 saturated carbocycles. The van der Waals surface area contributed by atoms with Gasteiger partial charge >= 0.3 is 0 Å². The predicted molar refractivity (Wildman–Crippen MR) is 132 cm³/mol. The smallest absolute Gasteiger partial charge is 0.242 e. The molecule has 2 aliphatic rings. The van der Waals surface area contributed by atoms with E-state index in [0.29, 0.717) is 57.5 Å². The number of hydrogen-bond donors (Lipinski definition) is 6. The first-order valence-electron chi connectivity index (χ1n) is 11.9. The second-order valence-electron chi connectivity index (χ2n) is 9.05. The summed E-state index contributed by atoms with van der Waals surface area (Å²) in [5.41, 5.74) is 0.248. The van der Waals surface area contributed by atoms with E-state index in [1.165, 1.54) is 12.1 Å². The summed E-state index contributed by atoms with van der Waals surface area (Å²) in [7, 11) is -8.88. The molecule has 1 amide bonds. The number of aliphatic hydroxyl groups excluding tert-OH is 1. The van der Waals surface area contributed by atoms with E-state index < -0.39 is 41.8 Å². The van der Waals surface area contributed by atoms with E-state index in [9.17, 15) is 21.6 Å². The first kappa shape index (κ1) is 27.3. The van der Waals surface area contributed by atoms with Crippen LogP contribution in [0, 0.1) is 5.92 Å². The van der Waals surface area contributed by atoms with Crippen molar-refractivity contribution in [2.45, 2.75) is 41.5 Å². The Bertz CT molecular complexity index is 1310. The zero-order chi connectivity index (χ0) is 26.6. The van der Waals surface area contributed by atoms with Crippen LogP contribution in [-0.2, 0) is 24.8 Å². The minimum absolute atomic E-state index is 0.0383. The summed E-state index contributed by atoms with van der Waals surface area (Å²) in [5.74, 6) is -0.652. The third kappa shape index (κ3) is 6.24. The number of amides is 1. The fourth-order valence-corrected chi connectivity index (χ4v) is 7.56. The van der Waals surface area contributed by atoms with Gasteiger partial charge in [-0.05, 0) is 54.8 Å². The zero-order valence-electron chi connectivity index (χ0n) is 20.1. The number of aromatic amines is 1. The second-order valence-corrected chi connectivity index (χ2v) is 12.2. The van der Waals surface area contributed by atoms with Crippen molar-refractivity contribution >= 4 is 31.6 Å². The summed E-state index contributed by atoms with van der Waals surface area (Å²) in [6.45, 7) is 2.08. The lowest BCUT2D eigenvalue weighted by Crippen LogP contribution is -2.43. The van der Waals surface area contributed by atoms with Gasteiger partial charge in [-0.25, -0.2) is 31.8 Å². The molecule has 0 aliphatic carbocycles. The summed E-state index contributed by atoms with van der Waals surface area (Å²) >= 11 is 0. The van der Waals surface area contributed by atoms with Gasteiger partial charge in [-0.15, -0.1) is 5.10 Å². The second kappa shape index (κ2) is 11.4. The number of aliphatic hydroxyl groups is 1. The lowest BCUT2D eigenvalue weighted by atomic mass is 9.95. The van der Waals surface area contributed by atoms with E-state index in [0.717, 1.165) is 0 Å². The lowest BCUT2D eigenvalue weighted by Gasteiger charge is -2.35. The number of aromatic nitrogens is 4. The van der Waals surface area contributed by atoms with Crippen molar-refractivity contribution in [3.63, 3.8) is 0 Å². The van der Waals surface area contributed by atoms with Crippen molar-refractivity contribution in [3.05, 3.63) is 12.1 Å². The van der Waals surface area contributed by atoms with E-state index in [2.05, 4.69) is 36.0 Å². The highest BCUT2D eigenvalue weighted by Gasteiger charge is 2.35. The van der Waals surface area contributed by atoms with Gasteiger partial charge in [0.1, 0.15) is 9.79 Å². The molecule has 4 rings (SSSR count). The minimum Gasteiger partial charge on any atom is -0.396 e. The molecule has 2 fully saturated rings. The van der Waals surface area contributed by atoms with Crippen LogP contribution in [0.15, 0.2) is 21.9 Å². The fraction of sp³-hybridized carbons (Fsp3) is 0.600. The fourth-order valence-electron chi connectivity index (χ4n) is 4.69. The van der Waals surface area contributed by atoms with Crippen LogP contribution < -0.4 is 25.4 Å². The van der Waals surface area contributed by atoms with Crippen molar-refractivity contribution in [2.75, 3.05) is 44.2 Å². The van der Waals surface area contributed by atoms with Crippen LogP contribution in [-0.4, -0.2) is 93.8 Å². The van der Waals surface area contributed by atoms with Crippen LogP contribution in [0.5, 0.6) is 0 Å². The van der Waals surface area contributed by atoms with Crippen LogP contribution >= 0.6 is 0 Å². The minimum atomic E-state index is -4.59. The molecule has 204 valence electrons. The Kier molecular flexibility index (Phi) is 8.39. The van der Waals surface area contributed by atoms with Gasteiger partial charge in [0, 0.05) is 44.5 Å². The van der Waals surface area contributed by atoms with E-state index >= 15 is 0 Å². The number of H-pyrrole nitrogens is 1. The van der Waals surface area contributed by atoms with Gasteiger partial charge in [-0.3, -0.25) is 4.79 Å². The van der Waals surface area contributed by atoms with Crippen molar-refractivity contribution in [3.8, 4) is 11.4 Å². The first-order valence-corrected chi connectivity index (χ1v) is 14.9. The van der Waals surface area contributed by atoms with Crippen molar-refractivity contribution in [1.29, 1.82) is 0 Å². The van der Waals surface area contributed by atoms with Gasteiger partial charge in [0.15, 0.2) is 5.82 Å². The van der Waals surface area contributed by atoms with Crippen LogP contribution in [0.25, 0.3) is 11.4 Å². The molecule has 2 aromatic rings. The number of nitrogens with zero attached hydrogens (tertiary/aromatic N) is 4. The number of benzene rings is 1. The maximum Gasteiger partial charge on any atom is 0.242 e. The number of primary sulfonamides is 1. The highest BCUT2D eigenvalue weighted by molar-refractivity contribution is 7.92. The molecule has 0 bridgehead atoms. The zero-order valence-corrected chi connectivity index (χ0v) is 21.7. The maximum atomic E-state index is 13.3. The standard InChI is InChI=1S/C20H31N9O6S2/c21-36(32,33)18-16(37(34,35)26-14-6-8-22-11-14)5-4-15(17(18)19-24-27-28-25-19)29-9-1-3-13(12-29)20(31)23-7-2-10-30/h4-5,13-14,22,26,30H,1-3,6-12H2,(H,23,31)(H2,21,32,33)(H,24,25,27,28)/t13?,14-/m1/s1. The van der Waals surface area contributed by atoms with Gasteiger partial charge < -0.3 is 20.6 Å². The average Bonchev–Trinajstić information content (AvgIpc) is 3.57. The highest BCUT2D eigenvalue weighted by Crippen LogP contribution is 2.39. The number of tetrazole rings is 1. The van der Waals surface area contributed by atoms with E-state index in [1.807, 2.05) is 0 Å². The first-order chi connectivity index (χ1) is 17.6. The Hall–Kier alpha value is -2.70. The van der Waals surface area contributed by atoms with Gasteiger partial charge in [0.2, 0.25) is 26.0 Å². The molecule has 2 aliphatic heterocycles. The third-order valence-corrected chi connectivity index (χ3v) is 9.09. The van der Waals surface area contributed by atoms with Crippen LogP contribution in [0.1, 0.15) is 25.7 Å². The van der Waals surface area contributed by atoms with Gasteiger partial charge in [0.25, 0.3) is 0 Å². The molecule has 2 saturated heterocycles. The lowest BCUT2D eigenvalue weighted by molar-refractivity contribution is -0.125. The quantitative estimate of drug-likeness (QED) is 0.173. The molecule has 1 unspecified atom stereocenters. The van der Waals surface area contributed by atoms with Crippen LogP contribution in [0.2, 0.25) is 0 Å². The predicted octanol–water partition coefficient (Wildman–Crippen LogP) is -2.13. The molecule has 1 aromatic heterocycles. The summed E-state index contributed by atoms with van der Waals surface area (Å²) in [4.78, 5) is 13.3. The third-order valence-electron chi connectivity index (χ3n) is 6.40. The number of piperidine rings is 1. The van der Waals surface area contributed by atoms with Crippen LogP contribution in [0.3, 0.4) is 0 Å². The van der Waals surface area contributed by atoms with E-state index in [1.54, 1.807) is 4.90 Å². The molecule has 37 heavy (non-hydrogen) atoms. The van der Waals surface area contributed by atoms with Gasteiger partial charge in [0.05, 0.1) is 11.5 Å². The SMILES string of the molecule is NS(=O)(=O)c1c(S(=O)(=O)N[C@@H]2CCNC2)ccc(N2CCCC(C(=O)NCCCO)C2)c1-c1nnn[nH]1. The Balaban J connectivity index is 1.78. The average molecular weight is 558 g/mol. The highest BCUT2D eigenvalue weighted by atomic mass is 32.2.